The van der Waals surface area contributed by atoms with Crippen LogP contribution in [0.2, 0.25) is 0 Å². The van der Waals surface area contributed by atoms with E-state index < -0.39 is 0 Å². The number of rotatable bonds is 8. The Balaban J connectivity index is 1.55. The van der Waals surface area contributed by atoms with Gasteiger partial charge in [-0.1, -0.05) is 0 Å². The molecule has 0 aliphatic carbocycles. The van der Waals surface area contributed by atoms with E-state index in [0.717, 1.165) is 35.8 Å². The van der Waals surface area contributed by atoms with Gasteiger partial charge in [0, 0.05) is 31.2 Å². The molecule has 2 heterocycles. The molecule has 1 aromatic carbocycles. The smallest absolute Gasteiger partial charge is 0.270 e. The van der Waals surface area contributed by atoms with Crippen molar-refractivity contribution < 1.29 is 19.0 Å². The van der Waals surface area contributed by atoms with Gasteiger partial charge in [-0.05, 0) is 37.1 Å². The lowest BCUT2D eigenvalue weighted by molar-refractivity contribution is 0.0854. The van der Waals surface area contributed by atoms with Crippen molar-refractivity contribution >= 4 is 17.2 Å². The van der Waals surface area contributed by atoms with Gasteiger partial charge in [0.25, 0.3) is 5.91 Å². The quantitative estimate of drug-likeness (QED) is 0.731. The fraction of sp³-hybridized carbons (Fsp3) is 0.444. The molecule has 0 spiro atoms. The van der Waals surface area contributed by atoms with Crippen LogP contribution in [0.15, 0.2) is 29.6 Å². The Kier molecular flexibility index (Phi) is 6.38. The molecule has 0 radical (unpaired) electrons. The summed E-state index contributed by atoms with van der Waals surface area (Å²) in [5, 5.41) is 5.48. The summed E-state index contributed by atoms with van der Waals surface area (Å²) < 4.78 is 16.0. The van der Waals surface area contributed by atoms with Crippen molar-refractivity contribution in [2.75, 3.05) is 33.5 Å². The van der Waals surface area contributed by atoms with Crippen LogP contribution in [-0.4, -0.2) is 50.5 Å². The lowest BCUT2D eigenvalue weighted by Crippen LogP contribution is -2.31. The molecule has 1 aliphatic heterocycles. The molecule has 0 saturated carbocycles. The Morgan fingerprint density at radius 2 is 2.20 bits per heavy atom. The van der Waals surface area contributed by atoms with Crippen molar-refractivity contribution in [1.82, 2.24) is 10.3 Å². The fourth-order valence-electron chi connectivity index (χ4n) is 2.55. The number of nitrogens with one attached hydrogen (secondary N) is 1. The molecular weight excluding hydrogens is 340 g/mol. The number of hydrogen-bond acceptors (Lipinski definition) is 6. The van der Waals surface area contributed by atoms with E-state index in [1.165, 1.54) is 11.3 Å². The first-order chi connectivity index (χ1) is 12.3. The lowest BCUT2D eigenvalue weighted by Gasteiger charge is -2.09. The van der Waals surface area contributed by atoms with Gasteiger partial charge in [-0.25, -0.2) is 4.98 Å². The van der Waals surface area contributed by atoms with Crippen LogP contribution in [-0.2, 0) is 9.47 Å². The molecule has 1 N–H and O–H groups in total. The standard InChI is InChI=1S/C18H22N2O4S/c1-22-9-10-24-14-6-4-13(5-7-14)18-20-16(12-25-18)17(21)19-11-15-3-2-8-23-15/h4-7,12,15H,2-3,8-11H2,1H3,(H,19,21). The number of ether oxygens (including phenoxy) is 3. The summed E-state index contributed by atoms with van der Waals surface area (Å²) in [6, 6.07) is 7.66. The summed E-state index contributed by atoms with van der Waals surface area (Å²) in [6.07, 6.45) is 2.20. The van der Waals surface area contributed by atoms with Crippen LogP contribution in [0.3, 0.4) is 0 Å². The van der Waals surface area contributed by atoms with Crippen molar-refractivity contribution in [3.05, 3.63) is 35.3 Å². The molecular formula is C18H22N2O4S. The molecule has 0 bridgehead atoms. The van der Waals surface area contributed by atoms with Crippen molar-refractivity contribution in [2.45, 2.75) is 18.9 Å². The molecule has 1 saturated heterocycles. The van der Waals surface area contributed by atoms with Crippen LogP contribution in [0.4, 0.5) is 0 Å². The van der Waals surface area contributed by atoms with Crippen molar-refractivity contribution in [2.24, 2.45) is 0 Å². The van der Waals surface area contributed by atoms with E-state index in [1.807, 2.05) is 24.3 Å². The van der Waals surface area contributed by atoms with Crippen LogP contribution >= 0.6 is 11.3 Å². The highest BCUT2D eigenvalue weighted by molar-refractivity contribution is 7.13. The van der Waals surface area contributed by atoms with Gasteiger partial charge in [0.2, 0.25) is 0 Å². The number of aromatic nitrogens is 1. The minimum atomic E-state index is -0.155. The first kappa shape index (κ1) is 17.8. The average Bonchev–Trinajstić information content (AvgIpc) is 3.32. The molecule has 1 aliphatic rings. The van der Waals surface area contributed by atoms with Gasteiger partial charge in [0.15, 0.2) is 0 Å². The monoisotopic (exact) mass is 362 g/mol. The summed E-state index contributed by atoms with van der Waals surface area (Å²) in [7, 11) is 1.64. The molecule has 1 aromatic heterocycles. The van der Waals surface area contributed by atoms with Gasteiger partial charge in [-0.15, -0.1) is 11.3 Å². The molecule has 6 nitrogen and oxygen atoms in total. The normalized spacial score (nSPS) is 16.8. The molecule has 1 unspecified atom stereocenters. The number of thiazole rings is 1. The molecule has 7 heteroatoms. The number of amides is 1. The number of nitrogens with zero attached hydrogens (tertiary/aromatic N) is 1. The van der Waals surface area contributed by atoms with Crippen molar-refractivity contribution in [1.29, 1.82) is 0 Å². The second-order valence-corrected chi connectivity index (χ2v) is 6.61. The van der Waals surface area contributed by atoms with Gasteiger partial charge < -0.3 is 19.5 Å². The van der Waals surface area contributed by atoms with E-state index in [2.05, 4.69) is 10.3 Å². The Bertz CT molecular complexity index is 681. The van der Waals surface area contributed by atoms with Crippen LogP contribution in [0.5, 0.6) is 5.75 Å². The summed E-state index contributed by atoms with van der Waals surface area (Å²) in [4.78, 5) is 16.6. The van der Waals surface area contributed by atoms with E-state index in [-0.39, 0.29) is 12.0 Å². The maximum absolute atomic E-state index is 12.2. The minimum Gasteiger partial charge on any atom is -0.491 e. The largest absolute Gasteiger partial charge is 0.491 e. The fourth-order valence-corrected chi connectivity index (χ4v) is 3.36. The first-order valence-corrected chi connectivity index (χ1v) is 9.22. The van der Waals surface area contributed by atoms with E-state index >= 15 is 0 Å². The van der Waals surface area contributed by atoms with E-state index in [9.17, 15) is 4.79 Å². The second-order valence-electron chi connectivity index (χ2n) is 5.75. The third kappa shape index (κ3) is 5.01. The van der Waals surface area contributed by atoms with Crippen LogP contribution < -0.4 is 10.1 Å². The van der Waals surface area contributed by atoms with E-state index in [1.54, 1.807) is 12.5 Å². The third-order valence-corrected chi connectivity index (χ3v) is 4.80. The topological polar surface area (TPSA) is 69.7 Å². The highest BCUT2D eigenvalue weighted by atomic mass is 32.1. The van der Waals surface area contributed by atoms with Gasteiger partial charge in [-0.3, -0.25) is 4.79 Å². The zero-order valence-corrected chi connectivity index (χ0v) is 15.0. The maximum Gasteiger partial charge on any atom is 0.270 e. The first-order valence-electron chi connectivity index (χ1n) is 8.34. The summed E-state index contributed by atoms with van der Waals surface area (Å²) >= 11 is 1.45. The predicted molar refractivity (Wildman–Crippen MR) is 96.2 cm³/mol. The molecule has 134 valence electrons. The number of carbonyl (C=O) groups is 1. The lowest BCUT2D eigenvalue weighted by atomic mass is 10.2. The molecule has 1 amide bonds. The second kappa shape index (κ2) is 8.94. The number of hydrogen-bond donors (Lipinski definition) is 1. The van der Waals surface area contributed by atoms with Crippen molar-refractivity contribution in [3.8, 4) is 16.3 Å². The van der Waals surface area contributed by atoms with E-state index in [4.69, 9.17) is 14.2 Å². The Morgan fingerprint density at radius 3 is 2.92 bits per heavy atom. The van der Waals surface area contributed by atoms with Gasteiger partial charge >= 0.3 is 0 Å². The zero-order chi connectivity index (χ0) is 17.5. The summed E-state index contributed by atoms with van der Waals surface area (Å²) in [6.45, 7) is 2.40. The minimum absolute atomic E-state index is 0.132. The van der Waals surface area contributed by atoms with Gasteiger partial charge in [-0.2, -0.15) is 0 Å². The Hall–Kier alpha value is -1.96. The summed E-state index contributed by atoms with van der Waals surface area (Å²) in [5.41, 5.74) is 1.40. The third-order valence-electron chi connectivity index (χ3n) is 3.91. The number of benzene rings is 1. The molecule has 25 heavy (non-hydrogen) atoms. The number of methoxy groups -OCH3 is 1. The van der Waals surface area contributed by atoms with Crippen LogP contribution in [0.25, 0.3) is 10.6 Å². The zero-order valence-electron chi connectivity index (χ0n) is 14.2. The highest BCUT2D eigenvalue weighted by Gasteiger charge is 2.18. The van der Waals surface area contributed by atoms with Crippen LogP contribution in [0.1, 0.15) is 23.3 Å². The van der Waals surface area contributed by atoms with Gasteiger partial charge in [0.1, 0.15) is 23.1 Å². The summed E-state index contributed by atoms with van der Waals surface area (Å²) in [5.74, 6) is 0.629. The van der Waals surface area contributed by atoms with Crippen LogP contribution in [0, 0.1) is 0 Å². The SMILES string of the molecule is COCCOc1ccc(-c2nc(C(=O)NCC3CCCO3)cs2)cc1. The Labute approximate surface area is 151 Å². The average molecular weight is 362 g/mol. The molecule has 3 rings (SSSR count). The predicted octanol–water partition coefficient (Wildman–Crippen LogP) is 2.74. The molecule has 1 atom stereocenters. The molecule has 1 fully saturated rings. The molecule has 2 aromatic rings. The van der Waals surface area contributed by atoms with E-state index in [0.29, 0.717) is 25.5 Å². The number of carbonyl (C=O) groups excluding carboxylic acids is 1. The maximum atomic E-state index is 12.2. The highest BCUT2D eigenvalue weighted by Crippen LogP contribution is 2.25. The van der Waals surface area contributed by atoms with Gasteiger partial charge in [0.05, 0.1) is 12.7 Å². The Morgan fingerprint density at radius 1 is 1.36 bits per heavy atom. The van der Waals surface area contributed by atoms with Crippen molar-refractivity contribution in [3.63, 3.8) is 0 Å².